The summed E-state index contributed by atoms with van der Waals surface area (Å²) >= 11 is 0. The Morgan fingerprint density at radius 2 is 2.15 bits per heavy atom. The third-order valence-electron chi connectivity index (χ3n) is 4.25. The molecule has 0 amide bonds. The first kappa shape index (κ1) is 8.25. The molecule has 1 N–H and O–H groups in total. The molecular formula is C11H20N2. The van der Waals surface area contributed by atoms with Crippen LogP contribution in [0.1, 0.15) is 19.8 Å². The van der Waals surface area contributed by atoms with E-state index in [2.05, 4.69) is 17.1 Å². The maximum Gasteiger partial charge on any atom is 0.0111 e. The van der Waals surface area contributed by atoms with Crippen LogP contribution >= 0.6 is 0 Å². The number of fused-ring (bicyclic) bond motifs is 1. The zero-order valence-electron chi connectivity index (χ0n) is 8.50. The van der Waals surface area contributed by atoms with Crippen molar-refractivity contribution in [3.8, 4) is 0 Å². The fourth-order valence-corrected chi connectivity index (χ4v) is 3.13. The third kappa shape index (κ3) is 1.40. The van der Waals surface area contributed by atoms with Crippen molar-refractivity contribution in [3.63, 3.8) is 0 Å². The molecule has 0 radical (unpaired) electrons. The number of nitrogens with one attached hydrogen (secondary N) is 1. The van der Waals surface area contributed by atoms with Crippen molar-refractivity contribution in [2.24, 2.45) is 17.8 Å². The average molecular weight is 180 g/mol. The second-order valence-corrected chi connectivity index (χ2v) is 5.22. The minimum absolute atomic E-state index is 0.848. The summed E-state index contributed by atoms with van der Waals surface area (Å²) in [6, 6.07) is 0.848. The van der Waals surface area contributed by atoms with Gasteiger partial charge >= 0.3 is 0 Å². The molecular weight excluding hydrogens is 160 g/mol. The van der Waals surface area contributed by atoms with Crippen LogP contribution in [0.5, 0.6) is 0 Å². The molecule has 2 aliphatic heterocycles. The van der Waals surface area contributed by atoms with Crippen molar-refractivity contribution < 1.29 is 0 Å². The summed E-state index contributed by atoms with van der Waals surface area (Å²) in [5, 5.41) is 3.52. The number of hydrogen-bond acceptors (Lipinski definition) is 2. The Morgan fingerprint density at radius 1 is 1.31 bits per heavy atom. The minimum Gasteiger partial charge on any atom is -0.316 e. The molecule has 0 aromatic rings. The van der Waals surface area contributed by atoms with Crippen molar-refractivity contribution in [2.75, 3.05) is 26.2 Å². The van der Waals surface area contributed by atoms with Gasteiger partial charge in [-0.1, -0.05) is 0 Å². The third-order valence-corrected chi connectivity index (χ3v) is 4.25. The van der Waals surface area contributed by atoms with E-state index in [-0.39, 0.29) is 0 Å². The summed E-state index contributed by atoms with van der Waals surface area (Å²) in [6.07, 6.45) is 2.99. The Labute approximate surface area is 80.7 Å². The van der Waals surface area contributed by atoms with Crippen molar-refractivity contribution in [3.05, 3.63) is 0 Å². The van der Waals surface area contributed by atoms with Crippen LogP contribution in [0.4, 0.5) is 0 Å². The van der Waals surface area contributed by atoms with Crippen LogP contribution < -0.4 is 5.32 Å². The van der Waals surface area contributed by atoms with Crippen molar-refractivity contribution in [1.29, 1.82) is 0 Å². The van der Waals surface area contributed by atoms with Crippen LogP contribution in [0.2, 0.25) is 0 Å². The Kier molecular flexibility index (Phi) is 1.88. The standard InChI is InChI=1S/C11H20N2/c1-8-11-5-12-4-10(11)7-13(8)6-9-2-3-9/h8-12H,2-7H2,1H3. The Bertz CT molecular complexity index is 200. The first-order chi connectivity index (χ1) is 6.34. The first-order valence-corrected chi connectivity index (χ1v) is 5.79. The molecule has 1 saturated carbocycles. The molecule has 0 spiro atoms. The van der Waals surface area contributed by atoms with E-state index in [4.69, 9.17) is 0 Å². The second kappa shape index (κ2) is 2.96. The van der Waals surface area contributed by atoms with E-state index in [9.17, 15) is 0 Å². The summed E-state index contributed by atoms with van der Waals surface area (Å²) in [7, 11) is 0. The minimum atomic E-state index is 0.848. The fourth-order valence-electron chi connectivity index (χ4n) is 3.13. The largest absolute Gasteiger partial charge is 0.316 e. The average Bonchev–Trinajstić information content (AvgIpc) is 2.72. The van der Waals surface area contributed by atoms with Crippen LogP contribution in [0.25, 0.3) is 0 Å². The highest BCUT2D eigenvalue weighted by molar-refractivity contribution is 4.97. The maximum absolute atomic E-state index is 3.52. The van der Waals surface area contributed by atoms with Crippen molar-refractivity contribution in [2.45, 2.75) is 25.8 Å². The molecule has 13 heavy (non-hydrogen) atoms. The van der Waals surface area contributed by atoms with Crippen LogP contribution in [0, 0.1) is 17.8 Å². The molecule has 3 unspecified atom stereocenters. The summed E-state index contributed by atoms with van der Waals surface area (Å²) in [6.45, 7) is 7.74. The van der Waals surface area contributed by atoms with E-state index in [0.29, 0.717) is 0 Å². The lowest BCUT2D eigenvalue weighted by molar-refractivity contribution is 0.230. The van der Waals surface area contributed by atoms with E-state index in [0.717, 1.165) is 23.8 Å². The molecule has 1 aliphatic carbocycles. The predicted molar refractivity (Wildman–Crippen MR) is 53.6 cm³/mol. The molecule has 74 valence electrons. The van der Waals surface area contributed by atoms with Crippen LogP contribution in [0.15, 0.2) is 0 Å². The van der Waals surface area contributed by atoms with Gasteiger partial charge < -0.3 is 5.32 Å². The Morgan fingerprint density at radius 3 is 2.85 bits per heavy atom. The second-order valence-electron chi connectivity index (χ2n) is 5.22. The maximum atomic E-state index is 3.52. The molecule has 2 nitrogen and oxygen atoms in total. The van der Waals surface area contributed by atoms with Gasteiger partial charge in [-0.3, -0.25) is 4.90 Å². The number of hydrogen-bond donors (Lipinski definition) is 1. The quantitative estimate of drug-likeness (QED) is 0.680. The molecule has 3 rings (SSSR count). The van der Waals surface area contributed by atoms with Gasteiger partial charge in [0.2, 0.25) is 0 Å². The SMILES string of the molecule is CC1C2CNCC2CN1CC1CC1. The Balaban J connectivity index is 1.64. The molecule has 3 fully saturated rings. The number of nitrogens with zero attached hydrogens (tertiary/aromatic N) is 1. The van der Waals surface area contributed by atoms with Gasteiger partial charge in [0, 0.05) is 19.1 Å². The summed E-state index contributed by atoms with van der Waals surface area (Å²) in [4.78, 5) is 2.74. The van der Waals surface area contributed by atoms with Gasteiger partial charge in [0.05, 0.1) is 0 Å². The van der Waals surface area contributed by atoms with Gasteiger partial charge in [0.15, 0.2) is 0 Å². The Hall–Kier alpha value is -0.0800. The smallest absolute Gasteiger partial charge is 0.0111 e. The fraction of sp³-hybridized carbons (Fsp3) is 1.00. The van der Waals surface area contributed by atoms with Gasteiger partial charge in [-0.15, -0.1) is 0 Å². The van der Waals surface area contributed by atoms with Crippen LogP contribution in [-0.4, -0.2) is 37.1 Å². The lowest BCUT2D eigenvalue weighted by Crippen LogP contribution is -2.34. The first-order valence-electron chi connectivity index (χ1n) is 5.79. The van der Waals surface area contributed by atoms with E-state index in [1.807, 2.05) is 0 Å². The number of rotatable bonds is 2. The van der Waals surface area contributed by atoms with Crippen molar-refractivity contribution >= 4 is 0 Å². The van der Waals surface area contributed by atoms with Gasteiger partial charge in [0.1, 0.15) is 0 Å². The van der Waals surface area contributed by atoms with E-state index in [1.165, 1.54) is 39.0 Å². The highest BCUT2D eigenvalue weighted by Crippen LogP contribution is 2.37. The molecule has 0 aromatic heterocycles. The lowest BCUT2D eigenvalue weighted by Gasteiger charge is -2.23. The molecule has 0 aromatic carbocycles. The molecule has 2 heteroatoms. The lowest BCUT2D eigenvalue weighted by atomic mass is 9.95. The number of likely N-dealkylation sites (tertiary alicyclic amines) is 1. The van der Waals surface area contributed by atoms with E-state index < -0.39 is 0 Å². The summed E-state index contributed by atoms with van der Waals surface area (Å²) in [5.41, 5.74) is 0. The van der Waals surface area contributed by atoms with E-state index >= 15 is 0 Å². The predicted octanol–water partition coefficient (Wildman–Crippen LogP) is 0.936. The van der Waals surface area contributed by atoms with Gasteiger partial charge in [-0.2, -0.15) is 0 Å². The summed E-state index contributed by atoms with van der Waals surface area (Å²) < 4.78 is 0. The molecule has 0 bridgehead atoms. The van der Waals surface area contributed by atoms with Gasteiger partial charge in [0.25, 0.3) is 0 Å². The molecule has 3 aliphatic rings. The van der Waals surface area contributed by atoms with Crippen molar-refractivity contribution in [1.82, 2.24) is 10.2 Å². The molecule has 2 saturated heterocycles. The van der Waals surface area contributed by atoms with Gasteiger partial charge in [-0.25, -0.2) is 0 Å². The highest BCUT2D eigenvalue weighted by Gasteiger charge is 2.42. The summed E-state index contributed by atoms with van der Waals surface area (Å²) in [5.74, 6) is 2.99. The van der Waals surface area contributed by atoms with Crippen LogP contribution in [0.3, 0.4) is 0 Å². The zero-order chi connectivity index (χ0) is 8.84. The molecule has 2 heterocycles. The normalized spacial score (nSPS) is 45.5. The highest BCUT2D eigenvalue weighted by atomic mass is 15.2. The zero-order valence-corrected chi connectivity index (χ0v) is 8.50. The van der Waals surface area contributed by atoms with Crippen LogP contribution in [-0.2, 0) is 0 Å². The monoisotopic (exact) mass is 180 g/mol. The topological polar surface area (TPSA) is 15.3 Å². The molecule has 3 atom stereocenters. The van der Waals surface area contributed by atoms with E-state index in [1.54, 1.807) is 0 Å². The van der Waals surface area contributed by atoms with Gasteiger partial charge in [-0.05, 0) is 50.6 Å².